The van der Waals surface area contributed by atoms with E-state index in [2.05, 4.69) is 6.58 Å². The van der Waals surface area contributed by atoms with E-state index in [4.69, 9.17) is 14.2 Å². The second kappa shape index (κ2) is 9.07. The van der Waals surface area contributed by atoms with Gasteiger partial charge in [-0.05, 0) is 44.8 Å². The molecular weight excluding hydrogens is 380 g/mol. The molecule has 2 fully saturated rings. The third-order valence-electron chi connectivity index (χ3n) is 5.96. The van der Waals surface area contributed by atoms with Gasteiger partial charge in [0.15, 0.2) is 6.29 Å². The highest BCUT2D eigenvalue weighted by atomic mass is 16.7. The molecule has 0 aromatic rings. The highest BCUT2D eigenvalue weighted by Crippen LogP contribution is 2.35. The van der Waals surface area contributed by atoms with Gasteiger partial charge in [0.25, 0.3) is 0 Å². The first kappa shape index (κ1) is 22.1. The van der Waals surface area contributed by atoms with Crippen molar-refractivity contribution in [2.45, 2.75) is 76.0 Å². The van der Waals surface area contributed by atoms with Gasteiger partial charge in [-0.15, -0.1) is 0 Å². The molecule has 3 aliphatic rings. The monoisotopic (exact) mass is 410 g/mol. The summed E-state index contributed by atoms with van der Waals surface area (Å²) in [5.41, 5.74) is 2.39. The summed E-state index contributed by atoms with van der Waals surface area (Å²) < 4.78 is 16.9. The first-order valence-corrected chi connectivity index (χ1v) is 9.92. The van der Waals surface area contributed by atoms with Gasteiger partial charge in [0.05, 0.1) is 12.7 Å². The Morgan fingerprint density at radius 3 is 2.62 bits per heavy atom. The molecule has 0 bridgehead atoms. The molecule has 3 rings (SSSR count). The molecule has 8 atom stereocenters. The molecule has 2 heterocycles. The lowest BCUT2D eigenvalue weighted by Gasteiger charge is -2.41. The molecule has 1 aliphatic carbocycles. The molecule has 2 saturated heterocycles. The SMILES string of the molecule is C=C1C(=O)O[C@@H]2/C=C(\C)[C@@H](O[C@@H]3O[C@H](CO)[C@@H](O)[C@H](O)[C@H]3O)C/C=C(\C)CC[C@@H]12. The quantitative estimate of drug-likeness (QED) is 0.298. The largest absolute Gasteiger partial charge is 0.454 e. The maximum atomic E-state index is 12.0. The maximum absolute atomic E-state index is 12.0. The average molecular weight is 410 g/mol. The molecule has 0 aromatic heterocycles. The first-order chi connectivity index (χ1) is 13.7. The van der Waals surface area contributed by atoms with Crippen molar-refractivity contribution >= 4 is 5.97 Å². The van der Waals surface area contributed by atoms with Crippen molar-refractivity contribution < 1.29 is 39.4 Å². The van der Waals surface area contributed by atoms with Crippen LogP contribution in [-0.4, -0.2) is 75.9 Å². The molecule has 0 radical (unpaired) electrons. The number of hydrogen-bond acceptors (Lipinski definition) is 8. The molecule has 2 aliphatic heterocycles. The number of aliphatic hydroxyl groups is 4. The van der Waals surface area contributed by atoms with Crippen LogP contribution in [0.15, 0.2) is 35.5 Å². The number of hydrogen-bond donors (Lipinski definition) is 4. The number of rotatable bonds is 3. The zero-order chi connectivity index (χ0) is 21.3. The Morgan fingerprint density at radius 2 is 1.93 bits per heavy atom. The van der Waals surface area contributed by atoms with Crippen molar-refractivity contribution in [1.82, 2.24) is 0 Å². The van der Waals surface area contributed by atoms with E-state index in [0.717, 1.165) is 24.0 Å². The van der Waals surface area contributed by atoms with Crippen LogP contribution < -0.4 is 0 Å². The number of carbonyl (C=O) groups excluding carboxylic acids is 1. The van der Waals surface area contributed by atoms with Crippen LogP contribution in [-0.2, 0) is 19.0 Å². The van der Waals surface area contributed by atoms with E-state index in [1.807, 2.05) is 26.0 Å². The third-order valence-corrected chi connectivity index (χ3v) is 5.96. The number of esters is 1. The van der Waals surface area contributed by atoms with Crippen LogP contribution >= 0.6 is 0 Å². The van der Waals surface area contributed by atoms with Crippen LogP contribution in [0.2, 0.25) is 0 Å². The van der Waals surface area contributed by atoms with Gasteiger partial charge in [0, 0.05) is 11.5 Å². The van der Waals surface area contributed by atoms with E-state index in [1.165, 1.54) is 0 Å². The van der Waals surface area contributed by atoms with Crippen molar-refractivity contribution in [3.63, 3.8) is 0 Å². The van der Waals surface area contributed by atoms with Crippen molar-refractivity contribution in [3.05, 3.63) is 35.5 Å². The van der Waals surface area contributed by atoms with Gasteiger partial charge in [0.2, 0.25) is 0 Å². The lowest BCUT2D eigenvalue weighted by molar-refractivity contribution is -0.308. The van der Waals surface area contributed by atoms with Crippen molar-refractivity contribution in [3.8, 4) is 0 Å². The summed E-state index contributed by atoms with van der Waals surface area (Å²) in [5, 5.41) is 39.6. The Hall–Kier alpha value is -1.55. The van der Waals surface area contributed by atoms with E-state index in [9.17, 15) is 25.2 Å². The maximum Gasteiger partial charge on any atom is 0.334 e. The summed E-state index contributed by atoms with van der Waals surface area (Å²) in [6.07, 6.45) is -1.71. The minimum Gasteiger partial charge on any atom is -0.454 e. The summed E-state index contributed by atoms with van der Waals surface area (Å²) in [6, 6.07) is 0. The van der Waals surface area contributed by atoms with Crippen LogP contribution in [0.3, 0.4) is 0 Å². The van der Waals surface area contributed by atoms with E-state index in [0.29, 0.717) is 12.0 Å². The molecule has 8 heteroatoms. The predicted octanol–water partition coefficient (Wildman–Crippen LogP) is 0.346. The summed E-state index contributed by atoms with van der Waals surface area (Å²) in [7, 11) is 0. The molecule has 29 heavy (non-hydrogen) atoms. The predicted molar refractivity (Wildman–Crippen MR) is 103 cm³/mol. The average Bonchev–Trinajstić information content (AvgIpc) is 2.95. The molecule has 0 aromatic carbocycles. The van der Waals surface area contributed by atoms with Crippen LogP contribution in [0.5, 0.6) is 0 Å². The van der Waals surface area contributed by atoms with Crippen molar-refractivity contribution in [2.75, 3.05) is 6.61 Å². The fourth-order valence-electron chi connectivity index (χ4n) is 3.97. The normalized spacial score (nSPS) is 44.9. The standard InChI is InChI=1S/C21H30O8/c1-10-4-6-13-12(3)20(26)27-15(13)8-11(2)14(7-5-10)28-21-19(25)18(24)17(23)16(9-22)29-21/h5,8,13-19,21-25H,3-4,6-7,9H2,1-2H3/b10-5+,11-8+/t13-,14-,15+,16+,17+,18-,19+,21+/m0/s1. The van der Waals surface area contributed by atoms with Crippen LogP contribution in [0.1, 0.15) is 33.1 Å². The third kappa shape index (κ3) is 4.63. The first-order valence-electron chi connectivity index (χ1n) is 9.92. The number of allylic oxidation sites excluding steroid dienone is 1. The highest BCUT2D eigenvalue weighted by molar-refractivity contribution is 5.91. The summed E-state index contributed by atoms with van der Waals surface area (Å²) in [6.45, 7) is 7.19. The van der Waals surface area contributed by atoms with Crippen LogP contribution in [0.4, 0.5) is 0 Å². The van der Waals surface area contributed by atoms with Crippen molar-refractivity contribution in [1.29, 1.82) is 0 Å². The van der Waals surface area contributed by atoms with Gasteiger partial charge < -0.3 is 34.6 Å². The van der Waals surface area contributed by atoms with Gasteiger partial charge >= 0.3 is 5.97 Å². The molecule has 4 N–H and O–H groups in total. The van der Waals surface area contributed by atoms with Crippen molar-refractivity contribution in [2.24, 2.45) is 5.92 Å². The topological polar surface area (TPSA) is 126 Å². The summed E-state index contributed by atoms with van der Waals surface area (Å²) in [4.78, 5) is 12.0. The molecular formula is C21H30O8. The molecule has 0 saturated carbocycles. The Balaban J connectivity index is 1.83. The molecule has 0 spiro atoms. The smallest absolute Gasteiger partial charge is 0.334 e. The molecule has 8 nitrogen and oxygen atoms in total. The Morgan fingerprint density at radius 1 is 1.21 bits per heavy atom. The summed E-state index contributed by atoms with van der Waals surface area (Å²) in [5.74, 6) is -0.497. The lowest BCUT2D eigenvalue weighted by Crippen LogP contribution is -2.59. The van der Waals surface area contributed by atoms with Gasteiger partial charge in [-0.3, -0.25) is 0 Å². The van der Waals surface area contributed by atoms with E-state index in [-0.39, 0.29) is 5.92 Å². The molecule has 0 unspecified atom stereocenters. The molecule has 162 valence electrons. The zero-order valence-electron chi connectivity index (χ0n) is 16.7. The van der Waals surface area contributed by atoms with Gasteiger partial charge in [-0.2, -0.15) is 0 Å². The Bertz CT molecular complexity index is 697. The Kier molecular flexibility index (Phi) is 6.93. The minimum absolute atomic E-state index is 0.105. The van der Waals surface area contributed by atoms with Gasteiger partial charge in [-0.1, -0.05) is 18.2 Å². The zero-order valence-corrected chi connectivity index (χ0v) is 16.7. The second-order valence-electron chi connectivity index (χ2n) is 8.06. The lowest BCUT2D eigenvalue weighted by atomic mass is 9.87. The second-order valence-corrected chi connectivity index (χ2v) is 8.06. The van der Waals surface area contributed by atoms with Gasteiger partial charge in [-0.25, -0.2) is 4.79 Å². The molecule has 0 amide bonds. The van der Waals surface area contributed by atoms with Crippen LogP contribution in [0.25, 0.3) is 0 Å². The fourth-order valence-corrected chi connectivity index (χ4v) is 3.97. The Labute approximate surface area is 170 Å². The van der Waals surface area contributed by atoms with E-state index >= 15 is 0 Å². The number of ether oxygens (including phenoxy) is 3. The number of carbonyl (C=O) groups is 1. The highest BCUT2D eigenvalue weighted by Gasteiger charge is 2.45. The van der Waals surface area contributed by atoms with Crippen LogP contribution in [0, 0.1) is 5.92 Å². The number of aliphatic hydroxyl groups excluding tert-OH is 4. The van der Waals surface area contributed by atoms with E-state index < -0.39 is 55.5 Å². The van der Waals surface area contributed by atoms with E-state index in [1.54, 1.807) is 0 Å². The van der Waals surface area contributed by atoms with Gasteiger partial charge in [0.1, 0.15) is 30.5 Å². The number of fused-ring (bicyclic) bond motifs is 1. The fraction of sp³-hybridized carbons (Fsp3) is 0.667. The summed E-state index contributed by atoms with van der Waals surface area (Å²) >= 11 is 0. The minimum atomic E-state index is -1.50.